The van der Waals surface area contributed by atoms with E-state index in [0.29, 0.717) is 31.1 Å². The van der Waals surface area contributed by atoms with Crippen molar-refractivity contribution in [3.63, 3.8) is 0 Å². The van der Waals surface area contributed by atoms with Gasteiger partial charge >= 0.3 is 0 Å². The Morgan fingerprint density at radius 1 is 1.25 bits per heavy atom. The van der Waals surface area contributed by atoms with Crippen molar-refractivity contribution in [2.75, 3.05) is 26.8 Å². The van der Waals surface area contributed by atoms with E-state index in [-0.39, 0.29) is 5.92 Å². The number of aromatic nitrogens is 3. The Morgan fingerprint density at radius 2 is 2.11 bits per heavy atom. The fraction of sp³-hybridized carbons (Fsp3) is 0.400. The molecular formula is C20H24N4O3S. The number of pyridine rings is 1. The molecule has 0 N–H and O–H groups in total. The van der Waals surface area contributed by atoms with Crippen molar-refractivity contribution in [3.8, 4) is 0 Å². The Hall–Kier alpha value is -2.29. The van der Waals surface area contributed by atoms with E-state index in [0.717, 1.165) is 29.0 Å². The molecule has 1 aromatic carbocycles. The molecule has 1 saturated heterocycles. The number of aryl methyl sites for hydroxylation is 1. The quantitative estimate of drug-likeness (QED) is 0.636. The largest absolute Gasteiger partial charge is 0.383 e. The maximum Gasteiger partial charge on any atom is 0.243 e. The minimum Gasteiger partial charge on any atom is -0.383 e. The van der Waals surface area contributed by atoms with E-state index in [4.69, 9.17) is 9.72 Å². The summed E-state index contributed by atoms with van der Waals surface area (Å²) >= 11 is 0. The fourth-order valence-corrected chi connectivity index (χ4v) is 5.38. The predicted octanol–water partition coefficient (Wildman–Crippen LogP) is 2.56. The summed E-state index contributed by atoms with van der Waals surface area (Å²) in [6.45, 7) is 4.00. The van der Waals surface area contributed by atoms with Crippen molar-refractivity contribution >= 4 is 21.2 Å². The van der Waals surface area contributed by atoms with Crippen LogP contribution >= 0.6 is 0 Å². The van der Waals surface area contributed by atoms with Gasteiger partial charge in [-0.3, -0.25) is 0 Å². The molecule has 0 aliphatic carbocycles. The second-order valence-corrected chi connectivity index (χ2v) is 9.06. The molecule has 0 spiro atoms. The molecule has 4 rings (SSSR count). The van der Waals surface area contributed by atoms with Crippen LogP contribution in [0.5, 0.6) is 0 Å². The average molecular weight is 401 g/mol. The molecule has 1 atom stereocenters. The number of sulfonamides is 1. The van der Waals surface area contributed by atoms with Gasteiger partial charge in [0.05, 0.1) is 11.5 Å². The van der Waals surface area contributed by atoms with Gasteiger partial charge in [-0.15, -0.1) is 0 Å². The van der Waals surface area contributed by atoms with Crippen molar-refractivity contribution < 1.29 is 13.2 Å². The predicted molar refractivity (Wildman–Crippen MR) is 107 cm³/mol. The molecule has 1 aliphatic rings. The van der Waals surface area contributed by atoms with Crippen LogP contribution < -0.4 is 0 Å². The van der Waals surface area contributed by atoms with Crippen LogP contribution in [-0.2, 0) is 21.3 Å². The molecule has 1 aliphatic heterocycles. The zero-order valence-corrected chi connectivity index (χ0v) is 16.9. The Morgan fingerprint density at radius 3 is 2.89 bits per heavy atom. The maximum absolute atomic E-state index is 13.1. The number of benzene rings is 1. The van der Waals surface area contributed by atoms with Crippen molar-refractivity contribution in [2.45, 2.75) is 30.7 Å². The number of methoxy groups -OCH3 is 1. The van der Waals surface area contributed by atoms with E-state index >= 15 is 0 Å². The first-order valence-corrected chi connectivity index (χ1v) is 10.8. The molecule has 0 saturated carbocycles. The molecule has 3 heterocycles. The van der Waals surface area contributed by atoms with Crippen LogP contribution in [0, 0.1) is 6.92 Å². The Kier molecular flexibility index (Phi) is 5.18. The molecule has 1 fully saturated rings. The number of hydrogen-bond acceptors (Lipinski definition) is 5. The molecule has 0 radical (unpaired) electrons. The first kappa shape index (κ1) is 19.0. The highest BCUT2D eigenvalue weighted by atomic mass is 32.2. The highest BCUT2D eigenvalue weighted by molar-refractivity contribution is 7.89. The number of imidazole rings is 1. The average Bonchev–Trinajstić information content (AvgIpc) is 3.31. The first-order chi connectivity index (χ1) is 13.5. The number of fused-ring (bicyclic) bond motifs is 1. The summed E-state index contributed by atoms with van der Waals surface area (Å²) in [4.78, 5) is 9.59. The Balaban J connectivity index is 1.64. The summed E-state index contributed by atoms with van der Waals surface area (Å²) in [6, 6.07) is 10.9. The standard InChI is InChI=1S/C20H24N4O3S/c1-15-5-3-6-17(13-15)28(25,26)23-10-8-16(14-23)19-22-18-7-4-9-21-20(18)24(19)11-12-27-2/h3-7,9,13,16H,8,10-12,14H2,1-2H3/t16-/m1/s1. The molecule has 2 aromatic heterocycles. The normalized spacial score (nSPS) is 18.1. The van der Waals surface area contributed by atoms with Gasteiger partial charge < -0.3 is 9.30 Å². The molecule has 148 valence electrons. The third kappa shape index (κ3) is 3.43. The van der Waals surface area contributed by atoms with Crippen LogP contribution in [0.4, 0.5) is 0 Å². The van der Waals surface area contributed by atoms with Crippen LogP contribution in [0.3, 0.4) is 0 Å². The lowest BCUT2D eigenvalue weighted by atomic mass is 10.1. The summed E-state index contributed by atoms with van der Waals surface area (Å²) in [5, 5.41) is 0. The van der Waals surface area contributed by atoms with Gasteiger partial charge in [0.15, 0.2) is 5.65 Å². The van der Waals surface area contributed by atoms with E-state index in [9.17, 15) is 8.42 Å². The minimum absolute atomic E-state index is 0.0330. The summed E-state index contributed by atoms with van der Waals surface area (Å²) in [5.74, 6) is 0.915. The number of rotatable bonds is 6. The van der Waals surface area contributed by atoms with Crippen molar-refractivity contribution in [1.82, 2.24) is 18.8 Å². The highest BCUT2D eigenvalue weighted by Gasteiger charge is 2.35. The lowest BCUT2D eigenvalue weighted by molar-refractivity contribution is 0.187. The van der Waals surface area contributed by atoms with Crippen molar-refractivity contribution in [3.05, 3.63) is 54.0 Å². The van der Waals surface area contributed by atoms with E-state index in [1.807, 2.05) is 25.1 Å². The molecule has 3 aromatic rings. The van der Waals surface area contributed by atoms with Crippen molar-refractivity contribution in [1.29, 1.82) is 0 Å². The number of nitrogens with zero attached hydrogens (tertiary/aromatic N) is 4. The molecule has 0 amide bonds. The molecule has 0 bridgehead atoms. The van der Waals surface area contributed by atoms with Gasteiger partial charge in [0.1, 0.15) is 11.3 Å². The Bertz CT molecular complexity index is 1090. The first-order valence-electron chi connectivity index (χ1n) is 9.37. The third-order valence-electron chi connectivity index (χ3n) is 5.20. The lowest BCUT2D eigenvalue weighted by Gasteiger charge is -2.17. The van der Waals surface area contributed by atoms with Crippen LogP contribution in [0.2, 0.25) is 0 Å². The van der Waals surface area contributed by atoms with Crippen molar-refractivity contribution in [2.24, 2.45) is 0 Å². The highest BCUT2D eigenvalue weighted by Crippen LogP contribution is 2.32. The lowest BCUT2D eigenvalue weighted by Crippen LogP contribution is -2.29. The van der Waals surface area contributed by atoms with E-state index in [1.54, 1.807) is 35.8 Å². The van der Waals surface area contributed by atoms with Gasteiger partial charge in [0, 0.05) is 38.9 Å². The smallest absolute Gasteiger partial charge is 0.243 e. The van der Waals surface area contributed by atoms with Gasteiger partial charge in [-0.05, 0) is 43.2 Å². The summed E-state index contributed by atoms with van der Waals surface area (Å²) < 4.78 is 35.0. The zero-order valence-electron chi connectivity index (χ0n) is 16.1. The van der Waals surface area contributed by atoms with Gasteiger partial charge in [0.25, 0.3) is 0 Å². The van der Waals surface area contributed by atoms with E-state index < -0.39 is 10.0 Å². The fourth-order valence-electron chi connectivity index (χ4n) is 3.77. The third-order valence-corrected chi connectivity index (χ3v) is 7.06. The van der Waals surface area contributed by atoms with Crippen LogP contribution in [0.25, 0.3) is 11.2 Å². The van der Waals surface area contributed by atoms with Gasteiger partial charge in [0.2, 0.25) is 10.0 Å². The Labute approximate surface area is 165 Å². The molecule has 0 unspecified atom stereocenters. The molecule has 7 nitrogen and oxygen atoms in total. The SMILES string of the molecule is COCCn1c([C@@H]2CCN(S(=O)(=O)c3cccc(C)c3)C2)nc2cccnc21. The summed E-state index contributed by atoms with van der Waals surface area (Å²) in [5.41, 5.74) is 2.58. The molecule has 8 heteroatoms. The van der Waals surface area contributed by atoms with Crippen LogP contribution in [0.15, 0.2) is 47.5 Å². The molecule has 28 heavy (non-hydrogen) atoms. The van der Waals surface area contributed by atoms with Crippen LogP contribution in [-0.4, -0.2) is 54.1 Å². The monoisotopic (exact) mass is 400 g/mol. The maximum atomic E-state index is 13.1. The topological polar surface area (TPSA) is 77.3 Å². The van der Waals surface area contributed by atoms with Gasteiger partial charge in [-0.2, -0.15) is 4.31 Å². The minimum atomic E-state index is -3.51. The van der Waals surface area contributed by atoms with E-state index in [2.05, 4.69) is 9.55 Å². The second-order valence-electron chi connectivity index (χ2n) is 7.13. The zero-order chi connectivity index (χ0) is 19.7. The summed E-state index contributed by atoms with van der Waals surface area (Å²) in [7, 11) is -1.84. The van der Waals surface area contributed by atoms with Crippen LogP contribution in [0.1, 0.15) is 23.7 Å². The van der Waals surface area contributed by atoms with Gasteiger partial charge in [-0.25, -0.2) is 18.4 Å². The second kappa shape index (κ2) is 7.62. The number of ether oxygens (including phenoxy) is 1. The number of hydrogen-bond donors (Lipinski definition) is 0. The summed E-state index contributed by atoms with van der Waals surface area (Å²) in [6.07, 6.45) is 2.49. The van der Waals surface area contributed by atoms with E-state index in [1.165, 1.54) is 0 Å². The molecular weight excluding hydrogens is 376 g/mol. The van der Waals surface area contributed by atoms with Gasteiger partial charge in [-0.1, -0.05) is 12.1 Å².